The second kappa shape index (κ2) is 12.3. The van der Waals surface area contributed by atoms with E-state index in [2.05, 4.69) is 5.32 Å². The van der Waals surface area contributed by atoms with Crippen LogP contribution in [0, 0.1) is 32.1 Å². The van der Waals surface area contributed by atoms with Crippen molar-refractivity contribution in [3.05, 3.63) is 44.0 Å². The van der Waals surface area contributed by atoms with E-state index in [1.54, 1.807) is 0 Å². The summed E-state index contributed by atoms with van der Waals surface area (Å²) in [7, 11) is 2.27. The number of nitrogens with one attached hydrogen (secondary N) is 1. The zero-order chi connectivity index (χ0) is 24.4. The summed E-state index contributed by atoms with van der Waals surface area (Å²) in [5, 5.41) is 24.9. The number of ether oxygens (including phenoxy) is 2. The van der Waals surface area contributed by atoms with E-state index in [1.165, 1.54) is 0 Å². The lowest BCUT2D eigenvalue weighted by atomic mass is 9.80. The summed E-state index contributed by atoms with van der Waals surface area (Å²) in [6, 6.07) is 1.91. The average molecular weight is 453 g/mol. The molecule has 0 radical (unpaired) electrons. The normalized spacial score (nSPS) is 12.5. The third-order valence-corrected chi connectivity index (χ3v) is 4.98. The van der Waals surface area contributed by atoms with Crippen LogP contribution in [0.4, 0.5) is 11.4 Å². The number of nitro benzene ring substituents is 2. The van der Waals surface area contributed by atoms with E-state index < -0.39 is 56.9 Å². The molecule has 0 aliphatic heterocycles. The van der Waals surface area contributed by atoms with Crippen molar-refractivity contribution in [2.75, 3.05) is 14.2 Å². The summed E-state index contributed by atoms with van der Waals surface area (Å²) in [4.78, 5) is 58.2. The molecule has 2 atom stereocenters. The fourth-order valence-electron chi connectivity index (χ4n) is 3.53. The number of benzene rings is 1. The number of hydrogen-bond donors (Lipinski definition) is 1. The van der Waals surface area contributed by atoms with Gasteiger partial charge in [0.1, 0.15) is 0 Å². The van der Waals surface area contributed by atoms with Crippen molar-refractivity contribution in [3.63, 3.8) is 0 Å². The lowest BCUT2D eigenvalue weighted by Crippen LogP contribution is -2.47. The Hall–Kier alpha value is -3.57. The van der Waals surface area contributed by atoms with Crippen molar-refractivity contribution in [2.45, 2.75) is 45.6 Å². The van der Waals surface area contributed by atoms with E-state index in [-0.39, 0.29) is 5.56 Å². The van der Waals surface area contributed by atoms with Crippen molar-refractivity contribution in [3.8, 4) is 0 Å². The molecule has 0 bridgehead atoms. The van der Waals surface area contributed by atoms with Gasteiger partial charge in [-0.3, -0.25) is 34.6 Å². The van der Waals surface area contributed by atoms with Crippen LogP contribution in [0.2, 0.25) is 0 Å². The zero-order valence-electron chi connectivity index (χ0n) is 18.4. The van der Waals surface area contributed by atoms with Crippen LogP contribution in [-0.4, -0.2) is 48.0 Å². The first-order valence-electron chi connectivity index (χ1n) is 10.0. The molecule has 12 nitrogen and oxygen atoms in total. The number of nitro groups is 2. The highest BCUT2D eigenvalue weighted by Crippen LogP contribution is 2.28. The maximum absolute atomic E-state index is 12.9. The third-order valence-electron chi connectivity index (χ3n) is 4.98. The maximum atomic E-state index is 12.9. The second-order valence-electron chi connectivity index (χ2n) is 7.10. The van der Waals surface area contributed by atoms with Crippen molar-refractivity contribution in [1.82, 2.24) is 5.32 Å². The molecule has 0 heterocycles. The summed E-state index contributed by atoms with van der Waals surface area (Å²) >= 11 is 0. The molecule has 1 N–H and O–H groups in total. The standard InChI is InChI=1S/C20H27N3O9/c1-5-7-15(17(19(25)31-3)20(26)32-4)16(8-6-2)21-18(24)12-9-13(22(27)28)11-14(10-12)23(29)30/h9-11,15-17H,5-8H2,1-4H3,(H,21,24)/t15-,16-/m1/s1. The van der Waals surface area contributed by atoms with Crippen LogP contribution in [0.15, 0.2) is 18.2 Å². The van der Waals surface area contributed by atoms with Gasteiger partial charge in [0.25, 0.3) is 17.3 Å². The Labute approximate surface area is 184 Å². The Morgan fingerprint density at radius 2 is 1.38 bits per heavy atom. The Balaban J connectivity index is 3.39. The van der Waals surface area contributed by atoms with E-state index >= 15 is 0 Å². The molecule has 12 heteroatoms. The highest BCUT2D eigenvalue weighted by Gasteiger charge is 2.41. The first-order valence-corrected chi connectivity index (χ1v) is 10.0. The molecule has 32 heavy (non-hydrogen) atoms. The van der Waals surface area contributed by atoms with E-state index in [4.69, 9.17) is 9.47 Å². The number of nitrogens with zero attached hydrogens (tertiary/aromatic N) is 2. The van der Waals surface area contributed by atoms with Gasteiger partial charge in [-0.25, -0.2) is 0 Å². The van der Waals surface area contributed by atoms with Gasteiger partial charge in [-0.05, 0) is 12.8 Å². The predicted octanol–water partition coefficient (Wildman–Crippen LogP) is 2.78. The summed E-state index contributed by atoms with van der Waals surface area (Å²) in [5.41, 5.74) is -1.50. The second-order valence-corrected chi connectivity index (χ2v) is 7.10. The van der Waals surface area contributed by atoms with Crippen LogP contribution in [0.1, 0.15) is 49.9 Å². The minimum absolute atomic E-state index is 0.282. The van der Waals surface area contributed by atoms with Crippen LogP contribution in [0.3, 0.4) is 0 Å². The number of carbonyl (C=O) groups excluding carboxylic acids is 3. The lowest BCUT2D eigenvalue weighted by Gasteiger charge is -2.31. The Morgan fingerprint density at radius 3 is 1.75 bits per heavy atom. The van der Waals surface area contributed by atoms with Gasteiger partial charge in [0.2, 0.25) is 0 Å². The van der Waals surface area contributed by atoms with E-state index in [9.17, 15) is 34.6 Å². The SMILES string of the molecule is CCC[C@@H](NC(=O)c1cc([N+](=O)[O-])cc([N+](=O)[O-])c1)[C@@H](CCC)C(C(=O)OC)C(=O)OC. The van der Waals surface area contributed by atoms with E-state index in [0.29, 0.717) is 25.7 Å². The van der Waals surface area contributed by atoms with Gasteiger partial charge < -0.3 is 14.8 Å². The molecular formula is C20H27N3O9. The van der Waals surface area contributed by atoms with Crippen LogP contribution in [0.25, 0.3) is 0 Å². The minimum Gasteiger partial charge on any atom is -0.468 e. The van der Waals surface area contributed by atoms with Crippen molar-refractivity contribution >= 4 is 29.2 Å². The van der Waals surface area contributed by atoms with Crippen LogP contribution >= 0.6 is 0 Å². The van der Waals surface area contributed by atoms with Crippen molar-refractivity contribution in [1.29, 1.82) is 0 Å². The number of methoxy groups -OCH3 is 2. The van der Waals surface area contributed by atoms with Crippen LogP contribution in [-0.2, 0) is 19.1 Å². The summed E-state index contributed by atoms with van der Waals surface area (Å²) < 4.78 is 9.52. The van der Waals surface area contributed by atoms with Gasteiger partial charge in [0, 0.05) is 24.1 Å². The van der Waals surface area contributed by atoms with Gasteiger partial charge in [-0.2, -0.15) is 0 Å². The molecule has 1 amide bonds. The predicted molar refractivity (Wildman–Crippen MR) is 112 cm³/mol. The van der Waals surface area contributed by atoms with Gasteiger partial charge in [0.15, 0.2) is 5.92 Å². The molecule has 176 valence electrons. The molecule has 1 aromatic rings. The fraction of sp³-hybridized carbons (Fsp3) is 0.550. The van der Waals surface area contributed by atoms with Gasteiger partial charge in [-0.15, -0.1) is 0 Å². The molecule has 0 aliphatic carbocycles. The lowest BCUT2D eigenvalue weighted by molar-refractivity contribution is -0.394. The number of non-ortho nitro benzene ring substituents is 2. The molecule has 0 saturated carbocycles. The summed E-state index contributed by atoms with van der Waals surface area (Å²) in [6.45, 7) is 3.68. The Morgan fingerprint density at radius 1 is 0.906 bits per heavy atom. The molecule has 1 aromatic carbocycles. The van der Waals surface area contributed by atoms with Crippen LogP contribution in [0.5, 0.6) is 0 Å². The number of rotatable bonds is 12. The Kier molecular flexibility index (Phi) is 10.2. The van der Waals surface area contributed by atoms with E-state index in [1.807, 2.05) is 13.8 Å². The number of hydrogen-bond acceptors (Lipinski definition) is 9. The van der Waals surface area contributed by atoms with E-state index in [0.717, 1.165) is 32.4 Å². The molecular weight excluding hydrogens is 426 g/mol. The molecule has 0 fully saturated rings. The average Bonchev–Trinajstić information content (AvgIpc) is 2.77. The highest BCUT2D eigenvalue weighted by molar-refractivity contribution is 5.97. The first kappa shape index (κ1) is 26.5. The molecule has 1 rings (SSSR count). The third kappa shape index (κ3) is 6.72. The summed E-state index contributed by atoms with van der Waals surface area (Å²) in [6.07, 6.45) is 1.90. The zero-order valence-corrected chi connectivity index (χ0v) is 18.4. The maximum Gasteiger partial charge on any atom is 0.320 e. The topological polar surface area (TPSA) is 168 Å². The smallest absolute Gasteiger partial charge is 0.320 e. The van der Waals surface area contributed by atoms with Crippen molar-refractivity contribution < 1.29 is 33.7 Å². The molecule has 0 spiro atoms. The molecule has 0 aliphatic rings. The molecule has 0 unspecified atom stereocenters. The van der Waals surface area contributed by atoms with Crippen LogP contribution < -0.4 is 5.32 Å². The monoisotopic (exact) mass is 453 g/mol. The Bertz CT molecular complexity index is 824. The minimum atomic E-state index is -1.29. The number of amides is 1. The van der Waals surface area contributed by atoms with Crippen molar-refractivity contribution in [2.24, 2.45) is 11.8 Å². The quantitative estimate of drug-likeness (QED) is 0.216. The molecule has 0 aromatic heterocycles. The highest BCUT2D eigenvalue weighted by atomic mass is 16.6. The molecule has 0 saturated heterocycles. The first-order chi connectivity index (χ1) is 15.1. The largest absolute Gasteiger partial charge is 0.468 e. The van der Waals surface area contributed by atoms with Gasteiger partial charge in [-0.1, -0.05) is 26.7 Å². The number of carbonyl (C=O) groups is 3. The van der Waals surface area contributed by atoms with Gasteiger partial charge >= 0.3 is 11.9 Å². The number of esters is 2. The fourth-order valence-corrected chi connectivity index (χ4v) is 3.53. The van der Waals surface area contributed by atoms with Gasteiger partial charge in [0.05, 0.1) is 35.7 Å². The summed E-state index contributed by atoms with van der Waals surface area (Å²) in [5.74, 6) is -4.39.